The summed E-state index contributed by atoms with van der Waals surface area (Å²) in [6.07, 6.45) is 4.13. The minimum atomic E-state index is -0.433. The Kier molecular flexibility index (Phi) is 5.47. The Morgan fingerprint density at radius 2 is 1.96 bits per heavy atom. The quantitative estimate of drug-likeness (QED) is 0.865. The maximum atomic E-state index is 12.3. The van der Waals surface area contributed by atoms with E-state index in [4.69, 9.17) is 11.6 Å². The van der Waals surface area contributed by atoms with Crippen molar-refractivity contribution in [3.8, 4) is 0 Å². The zero-order valence-electron chi connectivity index (χ0n) is 14.1. The molecule has 1 amide bonds. The van der Waals surface area contributed by atoms with Crippen LogP contribution in [0.4, 0.5) is 0 Å². The number of hydrogen-bond donors (Lipinski definition) is 1. The molecule has 0 aliphatic carbocycles. The lowest BCUT2D eigenvalue weighted by Crippen LogP contribution is -2.41. The highest BCUT2D eigenvalue weighted by Gasteiger charge is 2.22. The topological polar surface area (TPSA) is 46.9 Å². The highest BCUT2D eigenvalue weighted by Crippen LogP contribution is 2.22. The van der Waals surface area contributed by atoms with E-state index in [2.05, 4.69) is 24.1 Å². The van der Waals surface area contributed by atoms with Gasteiger partial charge < -0.3 is 9.88 Å². The van der Waals surface area contributed by atoms with E-state index in [1.54, 1.807) is 6.20 Å². The normalized spacial score (nSPS) is 11.7. The molecule has 1 heterocycles. The number of carbonyl (C=O) groups is 1. The largest absolute Gasteiger partial charge is 0.347 e. The Labute approximate surface area is 142 Å². The van der Waals surface area contributed by atoms with Gasteiger partial charge in [-0.2, -0.15) is 0 Å². The van der Waals surface area contributed by atoms with E-state index < -0.39 is 5.54 Å². The van der Waals surface area contributed by atoms with E-state index in [1.165, 1.54) is 0 Å². The molecule has 0 saturated heterocycles. The molecule has 1 aromatic heterocycles. The fourth-order valence-electron chi connectivity index (χ4n) is 2.58. The van der Waals surface area contributed by atoms with Gasteiger partial charge in [0.05, 0.1) is 5.54 Å². The maximum absolute atomic E-state index is 12.3. The zero-order valence-corrected chi connectivity index (χ0v) is 14.9. The molecule has 0 bridgehead atoms. The van der Waals surface area contributed by atoms with Crippen molar-refractivity contribution in [2.24, 2.45) is 0 Å². The van der Waals surface area contributed by atoms with Crippen LogP contribution in [-0.4, -0.2) is 15.5 Å². The lowest BCUT2D eigenvalue weighted by molar-refractivity contribution is -0.123. The molecular weight excluding hydrogens is 310 g/mol. The van der Waals surface area contributed by atoms with Gasteiger partial charge in [0.2, 0.25) is 5.91 Å². The van der Waals surface area contributed by atoms with Crippen LogP contribution >= 0.6 is 11.6 Å². The molecule has 1 aromatic carbocycles. The Hall–Kier alpha value is -1.81. The summed E-state index contributed by atoms with van der Waals surface area (Å²) in [7, 11) is 0. The molecule has 1 N–H and O–H groups in total. The van der Waals surface area contributed by atoms with Crippen molar-refractivity contribution in [1.29, 1.82) is 0 Å². The average Bonchev–Trinajstić information content (AvgIpc) is 2.93. The number of nitrogens with zero attached hydrogens (tertiary/aromatic N) is 2. The number of benzene rings is 1. The minimum Gasteiger partial charge on any atom is -0.347 e. The van der Waals surface area contributed by atoms with E-state index in [-0.39, 0.29) is 5.91 Å². The van der Waals surface area contributed by atoms with Gasteiger partial charge in [-0.1, -0.05) is 37.6 Å². The highest BCUT2D eigenvalue weighted by atomic mass is 35.5. The number of aryl methyl sites for hydroxylation is 1. The minimum absolute atomic E-state index is 0.0216. The first-order valence-electron chi connectivity index (χ1n) is 7.87. The monoisotopic (exact) mass is 333 g/mol. The average molecular weight is 334 g/mol. The van der Waals surface area contributed by atoms with Gasteiger partial charge >= 0.3 is 0 Å². The van der Waals surface area contributed by atoms with Crippen molar-refractivity contribution in [2.45, 2.75) is 52.1 Å². The number of carbonyl (C=O) groups excluding carboxylic acids is 1. The Bertz CT molecular complexity index is 659. The van der Waals surface area contributed by atoms with E-state index in [1.807, 2.05) is 48.9 Å². The molecule has 0 unspecified atom stereocenters. The van der Waals surface area contributed by atoms with Gasteiger partial charge in [-0.3, -0.25) is 4.79 Å². The van der Waals surface area contributed by atoms with Crippen LogP contribution in [0.3, 0.4) is 0 Å². The van der Waals surface area contributed by atoms with Crippen molar-refractivity contribution >= 4 is 17.5 Å². The van der Waals surface area contributed by atoms with Gasteiger partial charge in [0, 0.05) is 36.3 Å². The fraction of sp³-hybridized carbons (Fsp3) is 0.444. The van der Waals surface area contributed by atoms with Crippen LogP contribution in [0.2, 0.25) is 5.02 Å². The second kappa shape index (κ2) is 7.18. The summed E-state index contributed by atoms with van der Waals surface area (Å²) < 4.78 is 2.04. The van der Waals surface area contributed by atoms with Crippen molar-refractivity contribution in [1.82, 2.24) is 14.9 Å². The van der Waals surface area contributed by atoms with Crippen LogP contribution in [0.1, 0.15) is 51.4 Å². The number of hydrogen-bond acceptors (Lipinski definition) is 2. The molecule has 124 valence electrons. The zero-order chi connectivity index (χ0) is 17.0. The maximum Gasteiger partial charge on any atom is 0.222 e. The standard InChI is InChI=1S/C18H24ClN3O/c1-13(2)17-20-10-12-22(17)11-9-16(23)21-18(3,4)14-5-7-15(19)8-6-14/h5-8,10,12-13H,9,11H2,1-4H3,(H,21,23). The first-order valence-corrected chi connectivity index (χ1v) is 8.25. The molecule has 2 rings (SSSR count). The van der Waals surface area contributed by atoms with Crippen LogP contribution < -0.4 is 5.32 Å². The van der Waals surface area contributed by atoms with E-state index >= 15 is 0 Å². The van der Waals surface area contributed by atoms with Gasteiger partial charge in [0.1, 0.15) is 5.82 Å². The first kappa shape index (κ1) is 17.5. The Morgan fingerprint density at radius 3 is 2.57 bits per heavy atom. The van der Waals surface area contributed by atoms with Crippen LogP contribution in [0, 0.1) is 0 Å². The number of rotatable bonds is 6. The van der Waals surface area contributed by atoms with Crippen LogP contribution in [0.5, 0.6) is 0 Å². The Morgan fingerprint density at radius 1 is 1.30 bits per heavy atom. The molecule has 0 aliphatic heterocycles. The molecule has 23 heavy (non-hydrogen) atoms. The summed E-state index contributed by atoms with van der Waals surface area (Å²) in [4.78, 5) is 16.6. The van der Waals surface area contributed by atoms with Crippen molar-refractivity contribution in [3.05, 3.63) is 53.1 Å². The number of aromatic nitrogens is 2. The fourth-order valence-corrected chi connectivity index (χ4v) is 2.71. The molecule has 4 nitrogen and oxygen atoms in total. The predicted octanol–water partition coefficient (Wildman–Crippen LogP) is 4.10. The highest BCUT2D eigenvalue weighted by molar-refractivity contribution is 6.30. The van der Waals surface area contributed by atoms with Gasteiger partial charge in [0.25, 0.3) is 0 Å². The molecule has 0 radical (unpaired) electrons. The third kappa shape index (κ3) is 4.58. The number of nitrogens with one attached hydrogen (secondary N) is 1. The predicted molar refractivity (Wildman–Crippen MR) is 93.6 cm³/mol. The molecule has 0 aliphatic rings. The lowest BCUT2D eigenvalue weighted by Gasteiger charge is -2.27. The summed E-state index contributed by atoms with van der Waals surface area (Å²) in [6.45, 7) is 8.82. The van der Waals surface area contributed by atoms with Gasteiger partial charge in [0.15, 0.2) is 0 Å². The summed E-state index contributed by atoms with van der Waals surface area (Å²) in [5.74, 6) is 1.38. The SMILES string of the molecule is CC(C)c1nccn1CCC(=O)NC(C)(C)c1ccc(Cl)cc1. The number of imidazole rings is 1. The molecule has 0 saturated carbocycles. The first-order chi connectivity index (χ1) is 10.8. The third-order valence-electron chi connectivity index (χ3n) is 3.86. The summed E-state index contributed by atoms with van der Waals surface area (Å²) in [5.41, 5.74) is 0.595. The number of amides is 1. The molecule has 0 atom stereocenters. The summed E-state index contributed by atoms with van der Waals surface area (Å²) in [6, 6.07) is 7.56. The molecule has 0 spiro atoms. The van der Waals surface area contributed by atoms with Gasteiger partial charge in [-0.25, -0.2) is 4.98 Å². The third-order valence-corrected chi connectivity index (χ3v) is 4.11. The van der Waals surface area contributed by atoms with Crippen molar-refractivity contribution < 1.29 is 4.79 Å². The van der Waals surface area contributed by atoms with Gasteiger partial charge in [-0.15, -0.1) is 0 Å². The molecule has 0 fully saturated rings. The second-order valence-corrected chi connectivity index (χ2v) is 7.00. The van der Waals surface area contributed by atoms with E-state index in [9.17, 15) is 4.79 Å². The van der Waals surface area contributed by atoms with Crippen molar-refractivity contribution in [3.63, 3.8) is 0 Å². The molecular formula is C18H24ClN3O. The summed E-state index contributed by atoms with van der Waals surface area (Å²) >= 11 is 5.92. The van der Waals surface area contributed by atoms with Crippen LogP contribution in [0.15, 0.2) is 36.7 Å². The Balaban J connectivity index is 1.96. The number of halogens is 1. The lowest BCUT2D eigenvalue weighted by atomic mass is 9.94. The van der Waals surface area contributed by atoms with Crippen LogP contribution in [0.25, 0.3) is 0 Å². The van der Waals surface area contributed by atoms with Crippen LogP contribution in [-0.2, 0) is 16.9 Å². The molecule has 5 heteroatoms. The van der Waals surface area contributed by atoms with E-state index in [0.717, 1.165) is 11.4 Å². The summed E-state index contributed by atoms with van der Waals surface area (Å²) in [5, 5.41) is 3.78. The van der Waals surface area contributed by atoms with Crippen molar-refractivity contribution in [2.75, 3.05) is 0 Å². The smallest absolute Gasteiger partial charge is 0.222 e. The van der Waals surface area contributed by atoms with E-state index in [0.29, 0.717) is 23.9 Å². The van der Waals surface area contributed by atoms with Gasteiger partial charge in [-0.05, 0) is 31.5 Å². The molecule has 2 aromatic rings. The second-order valence-electron chi connectivity index (χ2n) is 6.56.